The van der Waals surface area contributed by atoms with Crippen LogP contribution in [0.25, 0.3) is 0 Å². The van der Waals surface area contributed by atoms with Crippen molar-refractivity contribution in [2.24, 2.45) is 0 Å². The first-order valence-corrected chi connectivity index (χ1v) is 4.62. The highest BCUT2D eigenvalue weighted by molar-refractivity contribution is 5.32. The van der Waals surface area contributed by atoms with E-state index in [4.69, 9.17) is 0 Å². The fourth-order valence-electron chi connectivity index (χ4n) is 2.43. The molecule has 12 heavy (non-hydrogen) atoms. The zero-order valence-corrected chi connectivity index (χ0v) is 6.96. The maximum atomic E-state index is 4.17. The van der Waals surface area contributed by atoms with Gasteiger partial charge in [0.15, 0.2) is 0 Å². The van der Waals surface area contributed by atoms with Crippen LogP contribution in [0, 0.1) is 0 Å². The van der Waals surface area contributed by atoms with Gasteiger partial charge in [0.2, 0.25) is 0 Å². The first-order chi connectivity index (χ1) is 5.93. The first-order valence-electron chi connectivity index (χ1n) is 4.62. The fourth-order valence-corrected chi connectivity index (χ4v) is 2.43. The van der Waals surface area contributed by atoms with Crippen molar-refractivity contribution in [2.75, 3.05) is 0 Å². The number of pyridine rings is 1. The van der Waals surface area contributed by atoms with Crippen LogP contribution in [0.2, 0.25) is 0 Å². The summed E-state index contributed by atoms with van der Waals surface area (Å²) >= 11 is 0. The van der Waals surface area contributed by atoms with E-state index in [1.165, 1.54) is 30.4 Å². The van der Waals surface area contributed by atoms with Crippen LogP contribution in [0.15, 0.2) is 18.5 Å². The van der Waals surface area contributed by atoms with Crippen molar-refractivity contribution in [3.63, 3.8) is 0 Å². The van der Waals surface area contributed by atoms with Gasteiger partial charge in [0.1, 0.15) is 0 Å². The Kier molecular flexibility index (Phi) is 1.27. The lowest BCUT2D eigenvalue weighted by Gasteiger charge is -2.23. The van der Waals surface area contributed by atoms with Crippen molar-refractivity contribution in [3.05, 3.63) is 29.6 Å². The number of hydrogen-bond donors (Lipinski definition) is 1. The van der Waals surface area contributed by atoms with Crippen LogP contribution in [0.3, 0.4) is 0 Å². The van der Waals surface area contributed by atoms with Crippen LogP contribution < -0.4 is 5.32 Å². The Labute approximate surface area is 72.0 Å². The molecular formula is C10H12N2. The van der Waals surface area contributed by atoms with Crippen molar-refractivity contribution >= 4 is 0 Å². The molecule has 1 fully saturated rings. The summed E-state index contributed by atoms with van der Waals surface area (Å²) in [5, 5.41) is 3.61. The number of rotatable bonds is 0. The third kappa shape index (κ3) is 0.815. The minimum Gasteiger partial charge on any atom is -0.307 e. The fraction of sp³-hybridized carbons (Fsp3) is 0.500. The van der Waals surface area contributed by atoms with E-state index < -0.39 is 0 Å². The Hall–Kier alpha value is -0.890. The van der Waals surface area contributed by atoms with E-state index in [1.807, 2.05) is 12.4 Å². The molecule has 2 unspecified atom stereocenters. The average Bonchev–Trinajstić information content (AvgIpc) is 2.49. The van der Waals surface area contributed by atoms with E-state index >= 15 is 0 Å². The Morgan fingerprint density at radius 1 is 1.42 bits per heavy atom. The quantitative estimate of drug-likeness (QED) is 0.621. The first kappa shape index (κ1) is 6.61. The maximum Gasteiger partial charge on any atom is 0.0341 e. The molecule has 2 nitrogen and oxygen atoms in total. The summed E-state index contributed by atoms with van der Waals surface area (Å²) in [6.45, 7) is 0. The summed E-state index contributed by atoms with van der Waals surface area (Å²) in [5.41, 5.74) is 2.95. The van der Waals surface area contributed by atoms with Crippen LogP contribution in [0.5, 0.6) is 0 Å². The zero-order valence-electron chi connectivity index (χ0n) is 6.96. The van der Waals surface area contributed by atoms with Crippen molar-refractivity contribution in [1.29, 1.82) is 0 Å². The highest BCUT2D eigenvalue weighted by atomic mass is 15.0. The largest absolute Gasteiger partial charge is 0.307 e. The molecule has 2 aliphatic heterocycles. The minimum atomic E-state index is 0.604. The predicted molar refractivity (Wildman–Crippen MR) is 46.8 cm³/mol. The molecule has 3 rings (SSSR count). The molecule has 2 bridgehead atoms. The Morgan fingerprint density at radius 3 is 3.42 bits per heavy atom. The van der Waals surface area contributed by atoms with Crippen LogP contribution in [0.4, 0.5) is 0 Å². The predicted octanol–water partition coefficient (Wildman–Crippen LogP) is 1.43. The lowest BCUT2D eigenvalue weighted by molar-refractivity contribution is 0.513. The second-order valence-corrected chi connectivity index (χ2v) is 3.77. The molecule has 0 radical (unpaired) electrons. The van der Waals surface area contributed by atoms with Gasteiger partial charge in [0.25, 0.3) is 0 Å². The zero-order chi connectivity index (χ0) is 7.97. The number of aromatic nitrogens is 1. The topological polar surface area (TPSA) is 24.9 Å². The van der Waals surface area contributed by atoms with Gasteiger partial charge in [-0.05, 0) is 36.5 Å². The highest BCUT2D eigenvalue weighted by Crippen LogP contribution is 2.34. The van der Waals surface area contributed by atoms with Gasteiger partial charge >= 0.3 is 0 Å². The van der Waals surface area contributed by atoms with Crippen molar-refractivity contribution in [3.8, 4) is 0 Å². The van der Waals surface area contributed by atoms with Gasteiger partial charge in [-0.15, -0.1) is 0 Å². The van der Waals surface area contributed by atoms with Gasteiger partial charge in [-0.25, -0.2) is 0 Å². The van der Waals surface area contributed by atoms with Gasteiger partial charge in [-0.2, -0.15) is 0 Å². The molecule has 1 N–H and O–H groups in total. The third-order valence-electron chi connectivity index (χ3n) is 3.03. The SMILES string of the molecule is c1cc2c(cn1)C1CCC(C2)N1. The summed E-state index contributed by atoms with van der Waals surface area (Å²) in [7, 11) is 0. The van der Waals surface area contributed by atoms with E-state index in [-0.39, 0.29) is 0 Å². The normalized spacial score (nSPS) is 31.7. The summed E-state index contributed by atoms with van der Waals surface area (Å²) in [6, 6.07) is 3.51. The molecular weight excluding hydrogens is 148 g/mol. The van der Waals surface area contributed by atoms with Crippen LogP contribution in [0.1, 0.15) is 30.0 Å². The van der Waals surface area contributed by atoms with Crippen molar-refractivity contribution in [2.45, 2.75) is 31.3 Å². The molecule has 0 amide bonds. The number of fused-ring (bicyclic) bond motifs is 4. The number of hydrogen-bond acceptors (Lipinski definition) is 2. The van der Waals surface area contributed by atoms with Crippen LogP contribution in [-0.2, 0) is 6.42 Å². The van der Waals surface area contributed by atoms with Crippen LogP contribution >= 0.6 is 0 Å². The molecule has 3 heterocycles. The lowest BCUT2D eigenvalue weighted by atomic mass is 9.98. The summed E-state index contributed by atoms with van der Waals surface area (Å²) in [5.74, 6) is 0. The maximum absolute atomic E-state index is 4.17. The van der Waals surface area contributed by atoms with E-state index in [1.54, 1.807) is 0 Å². The monoisotopic (exact) mass is 160 g/mol. The van der Waals surface area contributed by atoms with E-state index in [0.717, 1.165) is 6.04 Å². The molecule has 2 atom stereocenters. The van der Waals surface area contributed by atoms with Gasteiger partial charge in [-0.3, -0.25) is 4.98 Å². The van der Waals surface area contributed by atoms with E-state index in [0.29, 0.717) is 6.04 Å². The number of nitrogens with zero attached hydrogens (tertiary/aromatic N) is 1. The molecule has 2 heteroatoms. The third-order valence-corrected chi connectivity index (χ3v) is 3.03. The smallest absolute Gasteiger partial charge is 0.0341 e. The van der Waals surface area contributed by atoms with Crippen LogP contribution in [-0.4, -0.2) is 11.0 Å². The van der Waals surface area contributed by atoms with Gasteiger partial charge < -0.3 is 5.32 Å². The van der Waals surface area contributed by atoms with Crippen molar-refractivity contribution < 1.29 is 0 Å². The Bertz CT molecular complexity index is 308. The Morgan fingerprint density at radius 2 is 2.42 bits per heavy atom. The minimum absolute atomic E-state index is 0.604. The second-order valence-electron chi connectivity index (χ2n) is 3.77. The van der Waals surface area contributed by atoms with E-state index in [2.05, 4.69) is 16.4 Å². The summed E-state index contributed by atoms with van der Waals surface area (Å²) < 4.78 is 0. The summed E-state index contributed by atoms with van der Waals surface area (Å²) in [4.78, 5) is 4.17. The van der Waals surface area contributed by atoms with Crippen molar-refractivity contribution in [1.82, 2.24) is 10.3 Å². The lowest BCUT2D eigenvalue weighted by Crippen LogP contribution is -2.31. The second kappa shape index (κ2) is 2.30. The van der Waals surface area contributed by atoms with Gasteiger partial charge in [0, 0.05) is 24.5 Å². The molecule has 62 valence electrons. The standard InChI is InChI=1S/C10H12N2/c1-2-10-9-6-11-4-3-7(9)5-8(1)12-10/h3-4,6,8,10,12H,1-2,5H2. The molecule has 2 aliphatic rings. The molecule has 0 saturated carbocycles. The average molecular weight is 160 g/mol. The van der Waals surface area contributed by atoms with E-state index in [9.17, 15) is 0 Å². The molecule has 0 aromatic carbocycles. The number of nitrogens with one attached hydrogen (secondary N) is 1. The molecule has 1 saturated heterocycles. The molecule has 1 aromatic rings. The molecule has 0 aliphatic carbocycles. The summed E-state index contributed by atoms with van der Waals surface area (Å²) in [6.07, 6.45) is 7.76. The van der Waals surface area contributed by atoms with Gasteiger partial charge in [-0.1, -0.05) is 0 Å². The molecule has 1 aromatic heterocycles. The highest BCUT2D eigenvalue weighted by Gasteiger charge is 2.31. The Balaban J connectivity index is 2.13. The molecule has 0 spiro atoms. The van der Waals surface area contributed by atoms with Gasteiger partial charge in [0.05, 0.1) is 0 Å².